The van der Waals surface area contributed by atoms with Gasteiger partial charge in [-0.1, -0.05) is 18.2 Å². The third-order valence-corrected chi connectivity index (χ3v) is 2.59. The van der Waals surface area contributed by atoms with Crippen molar-refractivity contribution in [3.8, 4) is 0 Å². The van der Waals surface area contributed by atoms with E-state index < -0.39 is 18.0 Å². The first-order valence-corrected chi connectivity index (χ1v) is 5.18. The SMILES string of the molecule is CN1C(=O)CN(N(C(=O)O)c2ccccc2)C1=O. The highest BCUT2D eigenvalue weighted by molar-refractivity contribution is 6.04. The van der Waals surface area contributed by atoms with Gasteiger partial charge in [0.25, 0.3) is 5.91 Å². The van der Waals surface area contributed by atoms with Gasteiger partial charge in [0.15, 0.2) is 0 Å². The normalized spacial score (nSPS) is 15.2. The highest BCUT2D eigenvalue weighted by Gasteiger charge is 2.39. The molecule has 1 heterocycles. The number of urea groups is 1. The van der Waals surface area contributed by atoms with Gasteiger partial charge in [-0.15, -0.1) is 0 Å². The molecular weight excluding hydrogens is 238 g/mol. The number of hydrazine groups is 1. The Morgan fingerprint density at radius 2 is 1.89 bits per heavy atom. The average molecular weight is 249 g/mol. The Morgan fingerprint density at radius 1 is 1.28 bits per heavy atom. The van der Waals surface area contributed by atoms with Gasteiger partial charge >= 0.3 is 12.1 Å². The Kier molecular flexibility index (Phi) is 2.88. The molecule has 2 rings (SSSR count). The van der Waals surface area contributed by atoms with Crippen molar-refractivity contribution in [3.63, 3.8) is 0 Å². The van der Waals surface area contributed by atoms with Crippen molar-refractivity contribution in [2.45, 2.75) is 0 Å². The van der Waals surface area contributed by atoms with Crippen LogP contribution < -0.4 is 5.01 Å². The summed E-state index contributed by atoms with van der Waals surface area (Å²) in [6.45, 7) is -0.281. The van der Waals surface area contributed by atoms with E-state index in [-0.39, 0.29) is 6.54 Å². The molecule has 0 bridgehead atoms. The summed E-state index contributed by atoms with van der Waals surface area (Å²) in [4.78, 5) is 35.3. The van der Waals surface area contributed by atoms with Crippen molar-refractivity contribution in [1.82, 2.24) is 9.91 Å². The van der Waals surface area contributed by atoms with Crippen molar-refractivity contribution in [1.29, 1.82) is 0 Å². The molecule has 1 fully saturated rings. The Balaban J connectivity index is 2.36. The van der Waals surface area contributed by atoms with Crippen LogP contribution in [0, 0.1) is 0 Å². The summed E-state index contributed by atoms with van der Waals surface area (Å²) in [6.07, 6.45) is -1.32. The fraction of sp³-hybridized carbons (Fsp3) is 0.182. The van der Waals surface area contributed by atoms with Gasteiger partial charge in [0.2, 0.25) is 0 Å². The van der Waals surface area contributed by atoms with Crippen molar-refractivity contribution in [2.24, 2.45) is 0 Å². The zero-order valence-electron chi connectivity index (χ0n) is 9.61. The number of para-hydroxylation sites is 1. The van der Waals surface area contributed by atoms with E-state index in [0.29, 0.717) is 5.69 Å². The fourth-order valence-corrected chi connectivity index (χ4v) is 1.66. The third-order valence-electron chi connectivity index (χ3n) is 2.59. The first-order valence-electron chi connectivity index (χ1n) is 5.18. The maximum absolute atomic E-state index is 11.8. The van der Waals surface area contributed by atoms with E-state index in [1.165, 1.54) is 7.05 Å². The molecule has 1 N–H and O–H groups in total. The predicted molar refractivity (Wildman–Crippen MR) is 61.8 cm³/mol. The Bertz CT molecular complexity index is 502. The molecule has 1 aliphatic heterocycles. The number of benzene rings is 1. The highest BCUT2D eigenvalue weighted by atomic mass is 16.4. The Hall–Kier alpha value is -2.57. The van der Waals surface area contributed by atoms with Crippen LogP contribution in [0.25, 0.3) is 0 Å². The molecule has 0 saturated carbocycles. The number of carboxylic acid groups (broad SMARTS) is 1. The highest BCUT2D eigenvalue weighted by Crippen LogP contribution is 2.20. The van der Waals surface area contributed by atoms with Crippen LogP contribution in [-0.2, 0) is 4.79 Å². The van der Waals surface area contributed by atoms with E-state index in [2.05, 4.69) is 0 Å². The van der Waals surface area contributed by atoms with E-state index in [1.807, 2.05) is 0 Å². The maximum Gasteiger partial charge on any atom is 0.431 e. The summed E-state index contributed by atoms with van der Waals surface area (Å²) in [5.41, 5.74) is 0.307. The van der Waals surface area contributed by atoms with E-state index >= 15 is 0 Å². The number of amides is 4. The quantitative estimate of drug-likeness (QED) is 0.792. The zero-order chi connectivity index (χ0) is 13.3. The van der Waals surface area contributed by atoms with Crippen LogP contribution in [0.2, 0.25) is 0 Å². The van der Waals surface area contributed by atoms with E-state index in [4.69, 9.17) is 0 Å². The minimum atomic E-state index is -1.32. The molecule has 0 radical (unpaired) electrons. The molecule has 1 aromatic rings. The molecule has 7 heteroatoms. The van der Waals surface area contributed by atoms with Crippen LogP contribution in [-0.4, -0.2) is 46.6 Å². The second-order valence-corrected chi connectivity index (χ2v) is 3.72. The van der Waals surface area contributed by atoms with Crippen molar-refractivity contribution < 1.29 is 19.5 Å². The minimum Gasteiger partial charge on any atom is -0.463 e. The first kappa shape index (κ1) is 11.9. The average Bonchev–Trinajstić information content (AvgIpc) is 2.59. The first-order chi connectivity index (χ1) is 8.52. The Labute approximate surface area is 103 Å². The second-order valence-electron chi connectivity index (χ2n) is 3.72. The topological polar surface area (TPSA) is 81.2 Å². The second kappa shape index (κ2) is 4.36. The molecule has 1 aliphatic rings. The summed E-state index contributed by atoms with van der Waals surface area (Å²) in [5, 5.41) is 10.8. The largest absolute Gasteiger partial charge is 0.463 e. The van der Waals surface area contributed by atoms with Crippen molar-refractivity contribution in [3.05, 3.63) is 30.3 Å². The standard InChI is InChI=1S/C11H11N3O4/c1-12-9(15)7-13(10(12)16)14(11(17)18)8-5-3-2-4-6-8/h2-6H,7H2,1H3,(H,17,18). The number of rotatable bonds is 2. The molecule has 1 aromatic carbocycles. The van der Waals surface area contributed by atoms with Crippen molar-refractivity contribution >= 4 is 23.7 Å². The number of hydrogen-bond donors (Lipinski definition) is 1. The van der Waals surface area contributed by atoms with Gasteiger partial charge < -0.3 is 5.11 Å². The van der Waals surface area contributed by atoms with Crippen LogP contribution in [0.3, 0.4) is 0 Å². The molecule has 0 atom stereocenters. The van der Waals surface area contributed by atoms with Crippen molar-refractivity contribution in [2.75, 3.05) is 18.6 Å². The summed E-state index contributed by atoms with van der Waals surface area (Å²) >= 11 is 0. The number of imide groups is 1. The summed E-state index contributed by atoms with van der Waals surface area (Å²) in [7, 11) is 1.32. The molecule has 0 unspecified atom stereocenters. The molecule has 7 nitrogen and oxygen atoms in total. The van der Waals surface area contributed by atoms with Crippen LogP contribution in [0.1, 0.15) is 0 Å². The summed E-state index contributed by atoms with van der Waals surface area (Å²) in [5.74, 6) is -0.442. The van der Waals surface area contributed by atoms with Gasteiger partial charge in [0.1, 0.15) is 6.54 Å². The number of anilines is 1. The molecule has 1 saturated heterocycles. The molecule has 4 amide bonds. The smallest absolute Gasteiger partial charge is 0.431 e. The molecule has 0 spiro atoms. The van der Waals surface area contributed by atoms with E-state index in [0.717, 1.165) is 14.9 Å². The maximum atomic E-state index is 11.8. The molecular formula is C11H11N3O4. The van der Waals surface area contributed by atoms with E-state index in [9.17, 15) is 19.5 Å². The lowest BCUT2D eigenvalue weighted by molar-refractivity contribution is -0.124. The van der Waals surface area contributed by atoms with Gasteiger partial charge in [-0.3, -0.25) is 9.69 Å². The molecule has 18 heavy (non-hydrogen) atoms. The third kappa shape index (κ3) is 1.86. The molecule has 94 valence electrons. The lowest BCUT2D eigenvalue weighted by Crippen LogP contribution is -2.48. The van der Waals surface area contributed by atoms with Gasteiger partial charge in [-0.2, -0.15) is 5.01 Å². The van der Waals surface area contributed by atoms with Gasteiger partial charge in [0.05, 0.1) is 5.69 Å². The minimum absolute atomic E-state index is 0.281. The predicted octanol–water partition coefficient (Wildman–Crippen LogP) is 0.980. The Morgan fingerprint density at radius 3 is 2.33 bits per heavy atom. The summed E-state index contributed by atoms with van der Waals surface area (Å²) in [6, 6.07) is 7.46. The number of carbonyl (C=O) groups is 3. The lowest BCUT2D eigenvalue weighted by atomic mass is 10.3. The fourth-order valence-electron chi connectivity index (χ4n) is 1.66. The van der Waals surface area contributed by atoms with Crippen LogP contribution >= 0.6 is 0 Å². The zero-order valence-corrected chi connectivity index (χ0v) is 9.61. The van der Waals surface area contributed by atoms with E-state index in [1.54, 1.807) is 30.3 Å². The number of hydrogen-bond acceptors (Lipinski definition) is 3. The molecule has 0 aromatic heterocycles. The number of nitrogens with zero attached hydrogens (tertiary/aromatic N) is 3. The van der Waals surface area contributed by atoms with Crippen LogP contribution in [0.4, 0.5) is 15.3 Å². The molecule has 0 aliphatic carbocycles. The van der Waals surface area contributed by atoms with Gasteiger partial charge in [0, 0.05) is 7.05 Å². The van der Waals surface area contributed by atoms with Gasteiger partial charge in [-0.05, 0) is 12.1 Å². The van der Waals surface area contributed by atoms with Crippen LogP contribution in [0.15, 0.2) is 30.3 Å². The summed E-state index contributed by atoms with van der Waals surface area (Å²) < 4.78 is 0. The number of likely N-dealkylation sites (N-methyl/N-ethyl adjacent to an activating group) is 1. The van der Waals surface area contributed by atoms with Crippen LogP contribution in [0.5, 0.6) is 0 Å². The number of carbonyl (C=O) groups excluding carboxylic acids is 2. The van der Waals surface area contributed by atoms with Gasteiger partial charge in [-0.25, -0.2) is 14.6 Å². The lowest BCUT2D eigenvalue weighted by Gasteiger charge is -2.27. The monoisotopic (exact) mass is 249 g/mol.